The fourth-order valence-corrected chi connectivity index (χ4v) is 5.46. The lowest BCUT2D eigenvalue weighted by molar-refractivity contribution is -0.130. The summed E-state index contributed by atoms with van der Waals surface area (Å²) in [6, 6.07) is 3.30. The summed E-state index contributed by atoms with van der Waals surface area (Å²) in [6.07, 6.45) is 0. The highest BCUT2D eigenvalue weighted by Gasteiger charge is 2.30. The summed E-state index contributed by atoms with van der Waals surface area (Å²) < 4.78 is 27.2. The van der Waals surface area contributed by atoms with Crippen LogP contribution in [0, 0.1) is 0 Å². The number of sulfonamides is 1. The predicted octanol–water partition coefficient (Wildman–Crippen LogP) is 0.724. The molecule has 0 unspecified atom stereocenters. The molecule has 114 valence electrons. The third-order valence-corrected chi connectivity index (χ3v) is 6.90. The molecule has 0 spiro atoms. The van der Waals surface area contributed by atoms with Crippen LogP contribution in [0.1, 0.15) is 0 Å². The second kappa shape index (κ2) is 7.19. The van der Waals surface area contributed by atoms with E-state index >= 15 is 0 Å². The molecule has 10 heteroatoms. The van der Waals surface area contributed by atoms with Crippen LogP contribution in [-0.2, 0) is 14.8 Å². The Labute approximate surface area is 136 Å². The Hall–Kier alpha value is -0.190. The molecule has 0 aliphatic carbocycles. The summed E-state index contributed by atoms with van der Waals surface area (Å²) in [5, 5.41) is 0. The number of piperazine rings is 1. The van der Waals surface area contributed by atoms with Crippen LogP contribution < -0.4 is 5.73 Å². The van der Waals surface area contributed by atoms with Crippen LogP contribution >= 0.6 is 39.7 Å². The minimum absolute atomic E-state index is 0. The quantitative estimate of drug-likeness (QED) is 0.805. The largest absolute Gasteiger partial charge is 0.339 e. The summed E-state index contributed by atoms with van der Waals surface area (Å²) in [4.78, 5) is 13.0. The van der Waals surface area contributed by atoms with Gasteiger partial charge in [-0.15, -0.1) is 23.7 Å². The SMILES string of the molecule is Cl.NCC(=O)N1CCN(S(=O)(=O)c2ccc(Br)s2)CC1. The Morgan fingerprint density at radius 3 is 2.35 bits per heavy atom. The lowest BCUT2D eigenvalue weighted by Gasteiger charge is -2.33. The van der Waals surface area contributed by atoms with Gasteiger partial charge >= 0.3 is 0 Å². The van der Waals surface area contributed by atoms with Crippen molar-refractivity contribution in [2.45, 2.75) is 4.21 Å². The van der Waals surface area contributed by atoms with Gasteiger partial charge < -0.3 is 10.6 Å². The molecule has 1 aromatic heterocycles. The molecule has 0 bridgehead atoms. The van der Waals surface area contributed by atoms with Gasteiger partial charge in [-0.05, 0) is 28.1 Å². The molecule has 2 heterocycles. The molecule has 1 aliphatic heterocycles. The zero-order chi connectivity index (χ0) is 14.0. The van der Waals surface area contributed by atoms with E-state index in [0.717, 1.165) is 3.79 Å². The van der Waals surface area contributed by atoms with Gasteiger partial charge in [0.15, 0.2) is 0 Å². The van der Waals surface area contributed by atoms with Gasteiger partial charge in [0, 0.05) is 26.2 Å². The average Bonchev–Trinajstić information content (AvgIpc) is 2.85. The molecule has 2 rings (SSSR count). The topological polar surface area (TPSA) is 83.7 Å². The van der Waals surface area contributed by atoms with Gasteiger partial charge in [0.05, 0.1) is 10.3 Å². The second-order valence-electron chi connectivity index (χ2n) is 4.05. The van der Waals surface area contributed by atoms with E-state index in [9.17, 15) is 13.2 Å². The molecular weight excluding hydrogens is 390 g/mol. The molecule has 0 atom stereocenters. The highest BCUT2D eigenvalue weighted by molar-refractivity contribution is 9.11. The minimum Gasteiger partial charge on any atom is -0.339 e. The molecule has 1 aliphatic rings. The van der Waals surface area contributed by atoms with Crippen molar-refractivity contribution < 1.29 is 13.2 Å². The van der Waals surface area contributed by atoms with Crippen molar-refractivity contribution in [2.24, 2.45) is 5.73 Å². The van der Waals surface area contributed by atoms with Crippen LogP contribution in [-0.4, -0.2) is 56.3 Å². The van der Waals surface area contributed by atoms with Gasteiger partial charge in [0.25, 0.3) is 10.0 Å². The van der Waals surface area contributed by atoms with Crippen LogP contribution in [0.5, 0.6) is 0 Å². The Bertz CT molecular complexity index is 570. The van der Waals surface area contributed by atoms with E-state index in [2.05, 4.69) is 15.9 Å². The zero-order valence-electron chi connectivity index (χ0n) is 10.5. The molecule has 0 saturated carbocycles. The van der Waals surface area contributed by atoms with Crippen molar-refractivity contribution in [1.82, 2.24) is 9.21 Å². The maximum Gasteiger partial charge on any atom is 0.252 e. The molecule has 20 heavy (non-hydrogen) atoms. The highest BCUT2D eigenvalue weighted by Crippen LogP contribution is 2.28. The maximum atomic E-state index is 12.3. The Kier molecular flexibility index (Phi) is 6.42. The van der Waals surface area contributed by atoms with Gasteiger partial charge in [0.2, 0.25) is 5.91 Å². The van der Waals surface area contributed by atoms with E-state index in [1.54, 1.807) is 17.0 Å². The molecule has 1 amide bonds. The van der Waals surface area contributed by atoms with Crippen LogP contribution in [0.15, 0.2) is 20.1 Å². The van der Waals surface area contributed by atoms with Gasteiger partial charge in [-0.25, -0.2) is 8.42 Å². The van der Waals surface area contributed by atoms with Gasteiger partial charge in [0.1, 0.15) is 4.21 Å². The fraction of sp³-hybridized carbons (Fsp3) is 0.500. The lowest BCUT2D eigenvalue weighted by atomic mass is 10.3. The van der Waals surface area contributed by atoms with Gasteiger partial charge in [-0.2, -0.15) is 4.31 Å². The van der Waals surface area contributed by atoms with Crippen molar-refractivity contribution in [3.63, 3.8) is 0 Å². The van der Waals surface area contributed by atoms with E-state index in [1.165, 1.54) is 15.6 Å². The van der Waals surface area contributed by atoms with E-state index in [1.807, 2.05) is 0 Å². The predicted molar refractivity (Wildman–Crippen MR) is 83.7 cm³/mol. The number of hydrogen-bond donors (Lipinski definition) is 1. The molecule has 0 radical (unpaired) electrons. The number of nitrogens with zero attached hydrogens (tertiary/aromatic N) is 2. The van der Waals surface area contributed by atoms with Crippen molar-refractivity contribution in [2.75, 3.05) is 32.7 Å². The van der Waals surface area contributed by atoms with Crippen LogP contribution in [0.3, 0.4) is 0 Å². The third kappa shape index (κ3) is 3.71. The van der Waals surface area contributed by atoms with E-state index in [-0.39, 0.29) is 24.9 Å². The first-order valence-electron chi connectivity index (χ1n) is 5.68. The van der Waals surface area contributed by atoms with E-state index < -0.39 is 10.0 Å². The Balaban J connectivity index is 0.00000200. The lowest BCUT2D eigenvalue weighted by Crippen LogP contribution is -2.51. The highest BCUT2D eigenvalue weighted by atomic mass is 79.9. The Morgan fingerprint density at radius 1 is 1.30 bits per heavy atom. The number of carbonyl (C=O) groups excluding carboxylic acids is 1. The van der Waals surface area contributed by atoms with Crippen molar-refractivity contribution in [3.8, 4) is 0 Å². The van der Waals surface area contributed by atoms with Crippen molar-refractivity contribution in [3.05, 3.63) is 15.9 Å². The number of halogens is 2. The fourth-order valence-electron chi connectivity index (χ4n) is 1.87. The number of nitrogens with two attached hydrogens (primary N) is 1. The molecule has 0 aromatic carbocycles. The van der Waals surface area contributed by atoms with Crippen LogP contribution in [0.4, 0.5) is 0 Å². The van der Waals surface area contributed by atoms with Gasteiger partial charge in [-0.3, -0.25) is 4.79 Å². The van der Waals surface area contributed by atoms with Crippen LogP contribution in [0.2, 0.25) is 0 Å². The summed E-state index contributed by atoms with van der Waals surface area (Å²) in [7, 11) is -3.44. The maximum absolute atomic E-state index is 12.3. The number of carbonyl (C=O) groups is 1. The second-order valence-corrected chi connectivity index (χ2v) is 8.68. The van der Waals surface area contributed by atoms with Crippen LogP contribution in [0.25, 0.3) is 0 Å². The molecular formula is C10H15BrClN3O3S2. The number of hydrogen-bond acceptors (Lipinski definition) is 5. The molecule has 1 saturated heterocycles. The first-order chi connectivity index (χ1) is 8.95. The van der Waals surface area contributed by atoms with Crippen molar-refractivity contribution >= 4 is 55.6 Å². The summed E-state index contributed by atoms with van der Waals surface area (Å²) >= 11 is 4.44. The van der Waals surface area contributed by atoms with E-state index in [4.69, 9.17) is 5.73 Å². The molecule has 6 nitrogen and oxygen atoms in total. The van der Waals surface area contributed by atoms with E-state index in [0.29, 0.717) is 30.4 Å². The molecule has 1 fully saturated rings. The number of amides is 1. The number of thiophene rings is 1. The third-order valence-electron chi connectivity index (χ3n) is 2.91. The zero-order valence-corrected chi connectivity index (χ0v) is 14.5. The first-order valence-corrected chi connectivity index (χ1v) is 8.73. The monoisotopic (exact) mass is 403 g/mol. The Morgan fingerprint density at radius 2 is 1.90 bits per heavy atom. The first kappa shape index (κ1) is 17.9. The minimum atomic E-state index is -3.44. The molecule has 2 N–H and O–H groups in total. The summed E-state index contributed by atoms with van der Waals surface area (Å²) in [6.45, 7) is 1.36. The summed E-state index contributed by atoms with van der Waals surface area (Å²) in [5.41, 5.74) is 5.29. The standard InChI is InChI=1S/C10H14BrN3O3S2.ClH/c11-8-1-2-10(18-8)19(16,17)14-5-3-13(4-6-14)9(15)7-12;/h1-2H,3-7,12H2;1H. The van der Waals surface area contributed by atoms with Gasteiger partial charge in [-0.1, -0.05) is 0 Å². The summed E-state index contributed by atoms with van der Waals surface area (Å²) in [5.74, 6) is -0.143. The average molecular weight is 405 g/mol. The van der Waals surface area contributed by atoms with Crippen molar-refractivity contribution in [1.29, 1.82) is 0 Å². The number of rotatable bonds is 3. The normalized spacial score (nSPS) is 16.8. The smallest absolute Gasteiger partial charge is 0.252 e. The molecule has 1 aromatic rings.